The Morgan fingerprint density at radius 2 is 2.00 bits per heavy atom. The molecular formula is C16H27N3. The molecule has 0 radical (unpaired) electrons. The van der Waals surface area contributed by atoms with E-state index in [1.54, 1.807) is 0 Å². The summed E-state index contributed by atoms with van der Waals surface area (Å²) in [7, 11) is 2.19. The lowest BCUT2D eigenvalue weighted by Gasteiger charge is -2.27. The first-order valence-corrected chi connectivity index (χ1v) is 7.43. The van der Waals surface area contributed by atoms with Gasteiger partial charge in [-0.15, -0.1) is 0 Å². The largest absolute Gasteiger partial charge is 0.373 e. The Morgan fingerprint density at radius 1 is 1.21 bits per heavy atom. The van der Waals surface area contributed by atoms with E-state index in [0.29, 0.717) is 5.92 Å². The average molecular weight is 261 g/mol. The van der Waals surface area contributed by atoms with E-state index in [-0.39, 0.29) is 0 Å². The molecule has 2 N–H and O–H groups in total. The maximum Gasteiger partial charge on any atom is 0.0606 e. The molecule has 0 spiro atoms. The lowest BCUT2D eigenvalue weighted by Crippen LogP contribution is -2.26. The Hall–Kier alpha value is -1.22. The molecule has 0 saturated heterocycles. The van der Waals surface area contributed by atoms with Gasteiger partial charge in [0.15, 0.2) is 0 Å². The Balaban J connectivity index is 2.35. The van der Waals surface area contributed by atoms with Crippen molar-refractivity contribution in [2.75, 3.05) is 43.0 Å². The molecule has 0 unspecified atom stereocenters. The maximum absolute atomic E-state index is 5.67. The van der Waals surface area contributed by atoms with Crippen molar-refractivity contribution in [3.63, 3.8) is 0 Å². The predicted molar refractivity (Wildman–Crippen MR) is 84.3 cm³/mol. The molecule has 1 aromatic rings. The highest BCUT2D eigenvalue weighted by atomic mass is 15.2. The van der Waals surface area contributed by atoms with Crippen molar-refractivity contribution in [2.24, 2.45) is 5.73 Å². The Kier molecular flexibility index (Phi) is 4.70. The minimum atomic E-state index is 0.579. The third kappa shape index (κ3) is 3.21. The van der Waals surface area contributed by atoms with Crippen LogP contribution in [0, 0.1) is 0 Å². The summed E-state index contributed by atoms with van der Waals surface area (Å²) in [6.07, 6.45) is 2.28. The number of rotatable bonds is 4. The molecule has 1 heterocycles. The van der Waals surface area contributed by atoms with Crippen LogP contribution in [0.2, 0.25) is 0 Å². The van der Waals surface area contributed by atoms with Crippen molar-refractivity contribution in [3.8, 4) is 0 Å². The van der Waals surface area contributed by atoms with E-state index in [1.807, 2.05) is 0 Å². The lowest BCUT2D eigenvalue weighted by atomic mass is 10.0. The zero-order valence-electron chi connectivity index (χ0n) is 12.5. The highest BCUT2D eigenvalue weighted by molar-refractivity contribution is 5.73. The second kappa shape index (κ2) is 6.29. The van der Waals surface area contributed by atoms with Gasteiger partial charge in [-0.2, -0.15) is 0 Å². The molecule has 3 nitrogen and oxygen atoms in total. The summed E-state index contributed by atoms with van der Waals surface area (Å²) >= 11 is 0. The van der Waals surface area contributed by atoms with Crippen LogP contribution in [0.4, 0.5) is 11.4 Å². The van der Waals surface area contributed by atoms with Crippen LogP contribution in [0.15, 0.2) is 18.2 Å². The predicted octanol–water partition coefficient (Wildman–Crippen LogP) is 2.81. The van der Waals surface area contributed by atoms with Gasteiger partial charge in [-0.05, 0) is 43.0 Å². The average Bonchev–Trinajstić information content (AvgIpc) is 2.56. The SMILES string of the molecule is CC(C)c1ccc2c(c1)N(CCCN)CCCN2C. The summed E-state index contributed by atoms with van der Waals surface area (Å²) in [4.78, 5) is 4.89. The summed E-state index contributed by atoms with van der Waals surface area (Å²) in [5, 5.41) is 0. The van der Waals surface area contributed by atoms with E-state index >= 15 is 0 Å². The van der Waals surface area contributed by atoms with Gasteiger partial charge < -0.3 is 15.5 Å². The van der Waals surface area contributed by atoms with Crippen LogP contribution >= 0.6 is 0 Å². The molecule has 19 heavy (non-hydrogen) atoms. The van der Waals surface area contributed by atoms with Crippen LogP contribution in [0.3, 0.4) is 0 Å². The minimum absolute atomic E-state index is 0.579. The van der Waals surface area contributed by atoms with Gasteiger partial charge in [0.1, 0.15) is 0 Å². The molecule has 0 aromatic heterocycles. The molecular weight excluding hydrogens is 234 g/mol. The fourth-order valence-corrected chi connectivity index (χ4v) is 2.73. The number of hydrogen-bond acceptors (Lipinski definition) is 3. The summed E-state index contributed by atoms with van der Waals surface area (Å²) in [5.41, 5.74) is 9.84. The van der Waals surface area contributed by atoms with Gasteiger partial charge in [-0.1, -0.05) is 19.9 Å². The van der Waals surface area contributed by atoms with E-state index < -0.39 is 0 Å². The van der Waals surface area contributed by atoms with Crippen LogP contribution in [0.25, 0.3) is 0 Å². The highest BCUT2D eigenvalue weighted by Gasteiger charge is 2.18. The van der Waals surface area contributed by atoms with Crippen molar-refractivity contribution in [1.82, 2.24) is 0 Å². The summed E-state index contributed by atoms with van der Waals surface area (Å²) in [6, 6.07) is 6.93. The number of nitrogens with two attached hydrogens (primary N) is 1. The van der Waals surface area contributed by atoms with Gasteiger partial charge in [-0.25, -0.2) is 0 Å². The fraction of sp³-hybridized carbons (Fsp3) is 0.625. The van der Waals surface area contributed by atoms with Crippen molar-refractivity contribution in [1.29, 1.82) is 0 Å². The zero-order chi connectivity index (χ0) is 13.8. The number of hydrogen-bond donors (Lipinski definition) is 1. The summed E-state index contributed by atoms with van der Waals surface area (Å²) in [6.45, 7) is 8.62. The second-order valence-electron chi connectivity index (χ2n) is 5.81. The monoisotopic (exact) mass is 261 g/mol. The Labute approximate surface area is 117 Å². The van der Waals surface area contributed by atoms with Gasteiger partial charge in [0, 0.05) is 26.7 Å². The Bertz CT molecular complexity index is 414. The molecule has 2 rings (SSSR count). The van der Waals surface area contributed by atoms with Crippen LogP contribution < -0.4 is 15.5 Å². The Morgan fingerprint density at radius 3 is 2.68 bits per heavy atom. The quantitative estimate of drug-likeness (QED) is 0.904. The molecule has 0 bridgehead atoms. The number of nitrogens with zero attached hydrogens (tertiary/aromatic N) is 2. The number of anilines is 2. The van der Waals surface area contributed by atoms with E-state index in [1.165, 1.54) is 23.4 Å². The van der Waals surface area contributed by atoms with Crippen LogP contribution in [-0.2, 0) is 0 Å². The van der Waals surface area contributed by atoms with Gasteiger partial charge in [-0.3, -0.25) is 0 Å². The van der Waals surface area contributed by atoms with Gasteiger partial charge in [0.25, 0.3) is 0 Å². The molecule has 0 saturated carbocycles. The molecule has 0 amide bonds. The van der Waals surface area contributed by atoms with E-state index in [0.717, 1.165) is 32.6 Å². The lowest BCUT2D eigenvalue weighted by molar-refractivity contribution is 0.710. The topological polar surface area (TPSA) is 32.5 Å². The van der Waals surface area contributed by atoms with E-state index in [9.17, 15) is 0 Å². The molecule has 1 aliphatic rings. The van der Waals surface area contributed by atoms with Crippen molar-refractivity contribution in [2.45, 2.75) is 32.6 Å². The zero-order valence-corrected chi connectivity index (χ0v) is 12.5. The van der Waals surface area contributed by atoms with Gasteiger partial charge >= 0.3 is 0 Å². The van der Waals surface area contributed by atoms with Gasteiger partial charge in [0.2, 0.25) is 0 Å². The van der Waals surface area contributed by atoms with Crippen LogP contribution in [0.5, 0.6) is 0 Å². The van der Waals surface area contributed by atoms with Gasteiger partial charge in [0.05, 0.1) is 11.4 Å². The highest BCUT2D eigenvalue weighted by Crippen LogP contribution is 2.34. The first-order chi connectivity index (χ1) is 9.13. The second-order valence-corrected chi connectivity index (χ2v) is 5.81. The van der Waals surface area contributed by atoms with Crippen molar-refractivity contribution < 1.29 is 0 Å². The molecule has 0 fully saturated rings. The fourth-order valence-electron chi connectivity index (χ4n) is 2.73. The molecule has 1 aliphatic heterocycles. The van der Waals surface area contributed by atoms with Crippen molar-refractivity contribution >= 4 is 11.4 Å². The molecule has 1 aromatic carbocycles. The smallest absolute Gasteiger partial charge is 0.0606 e. The van der Waals surface area contributed by atoms with E-state index in [4.69, 9.17) is 5.73 Å². The standard InChI is InChI=1S/C16H27N3/c1-13(2)14-6-7-15-16(12-14)19(10-4-8-17)11-5-9-18(15)3/h6-7,12-13H,4-5,8-11,17H2,1-3H3. The van der Waals surface area contributed by atoms with E-state index in [2.05, 4.69) is 48.9 Å². The van der Waals surface area contributed by atoms with Crippen LogP contribution in [-0.4, -0.2) is 33.2 Å². The van der Waals surface area contributed by atoms with Crippen LogP contribution in [0.1, 0.15) is 38.2 Å². The first kappa shape index (κ1) is 14.2. The van der Waals surface area contributed by atoms with Crippen molar-refractivity contribution in [3.05, 3.63) is 23.8 Å². The third-order valence-corrected chi connectivity index (χ3v) is 3.97. The summed E-state index contributed by atoms with van der Waals surface area (Å²) in [5.74, 6) is 0.579. The first-order valence-electron chi connectivity index (χ1n) is 7.43. The molecule has 106 valence electrons. The molecule has 0 atom stereocenters. The third-order valence-electron chi connectivity index (χ3n) is 3.97. The normalized spacial score (nSPS) is 15.6. The number of fused-ring (bicyclic) bond motifs is 1. The molecule has 0 aliphatic carbocycles. The summed E-state index contributed by atoms with van der Waals surface area (Å²) < 4.78 is 0. The number of benzene rings is 1. The molecule has 3 heteroatoms. The maximum atomic E-state index is 5.67. The minimum Gasteiger partial charge on any atom is -0.373 e.